The van der Waals surface area contributed by atoms with Crippen molar-refractivity contribution in [3.63, 3.8) is 0 Å². The summed E-state index contributed by atoms with van der Waals surface area (Å²) in [5.41, 5.74) is 0. The molecule has 4 heteroatoms. The highest BCUT2D eigenvalue weighted by atomic mass is 16.3. The number of hydrogen-bond donors (Lipinski definition) is 1. The zero-order chi connectivity index (χ0) is 13.0. The van der Waals surface area contributed by atoms with Crippen molar-refractivity contribution in [1.29, 1.82) is 0 Å². The average Bonchev–Trinajstić information content (AvgIpc) is 2.40. The molecule has 0 bridgehead atoms. The van der Waals surface area contributed by atoms with Gasteiger partial charge in [0.2, 0.25) is 5.91 Å². The van der Waals surface area contributed by atoms with Crippen molar-refractivity contribution in [2.45, 2.75) is 56.7 Å². The largest absolute Gasteiger partial charge is 0.392 e. The fraction of sp³-hybridized carbons (Fsp3) is 0.933. The molecule has 1 amide bonds. The highest BCUT2D eigenvalue weighted by molar-refractivity contribution is 5.77. The van der Waals surface area contributed by atoms with Crippen LogP contribution in [0.4, 0.5) is 0 Å². The number of nitrogens with zero attached hydrogens (tertiary/aromatic N) is 2. The Kier molecular flexibility index (Phi) is 2.85. The van der Waals surface area contributed by atoms with E-state index in [1.54, 1.807) is 0 Å². The molecular weight excluding hydrogens is 240 g/mol. The maximum absolute atomic E-state index is 12.2. The second-order valence-corrected chi connectivity index (χ2v) is 6.95. The van der Waals surface area contributed by atoms with Crippen LogP contribution in [-0.2, 0) is 4.79 Å². The summed E-state index contributed by atoms with van der Waals surface area (Å²) < 4.78 is 0. The number of fused-ring (bicyclic) bond motifs is 2. The molecule has 0 aromatic heterocycles. The number of carbonyl (C=O) groups excluding carboxylic acids is 1. The molecule has 0 saturated carbocycles. The molecule has 4 rings (SSSR count). The Morgan fingerprint density at radius 1 is 1.16 bits per heavy atom. The maximum Gasteiger partial charge on any atom is 0.222 e. The van der Waals surface area contributed by atoms with Gasteiger partial charge in [0.1, 0.15) is 0 Å². The van der Waals surface area contributed by atoms with Gasteiger partial charge in [-0.2, -0.15) is 0 Å². The van der Waals surface area contributed by atoms with E-state index in [4.69, 9.17) is 0 Å². The highest BCUT2D eigenvalue weighted by Crippen LogP contribution is 2.44. The van der Waals surface area contributed by atoms with Gasteiger partial charge >= 0.3 is 0 Å². The van der Waals surface area contributed by atoms with E-state index >= 15 is 0 Å². The number of amides is 1. The fourth-order valence-corrected chi connectivity index (χ4v) is 5.30. The normalized spacial score (nSPS) is 46.7. The van der Waals surface area contributed by atoms with Crippen LogP contribution in [0.5, 0.6) is 0 Å². The number of carbonyl (C=O) groups is 1. The van der Waals surface area contributed by atoms with E-state index < -0.39 is 0 Å². The van der Waals surface area contributed by atoms with Crippen LogP contribution >= 0.6 is 0 Å². The van der Waals surface area contributed by atoms with Crippen LogP contribution < -0.4 is 0 Å². The van der Waals surface area contributed by atoms with E-state index in [0.29, 0.717) is 29.8 Å². The number of aliphatic hydroxyl groups excluding tert-OH is 1. The van der Waals surface area contributed by atoms with Gasteiger partial charge < -0.3 is 10.0 Å². The molecule has 4 aliphatic heterocycles. The topological polar surface area (TPSA) is 43.8 Å². The van der Waals surface area contributed by atoms with Crippen molar-refractivity contribution in [3.8, 4) is 0 Å². The summed E-state index contributed by atoms with van der Waals surface area (Å²) >= 11 is 0. The van der Waals surface area contributed by atoms with Crippen LogP contribution in [0.2, 0.25) is 0 Å². The minimum Gasteiger partial charge on any atom is -0.392 e. The fourth-order valence-electron chi connectivity index (χ4n) is 5.30. The Balaban J connectivity index is 1.65. The predicted molar refractivity (Wildman–Crippen MR) is 71.6 cm³/mol. The first-order chi connectivity index (χ1) is 9.24. The summed E-state index contributed by atoms with van der Waals surface area (Å²) in [5.74, 6) is 1.54. The van der Waals surface area contributed by atoms with Crippen LogP contribution in [0.15, 0.2) is 0 Å². The number of piperidine rings is 4. The Morgan fingerprint density at radius 2 is 2.05 bits per heavy atom. The van der Waals surface area contributed by atoms with E-state index in [-0.39, 0.29) is 6.10 Å². The van der Waals surface area contributed by atoms with Gasteiger partial charge in [-0.25, -0.2) is 0 Å². The van der Waals surface area contributed by atoms with E-state index in [2.05, 4.69) is 9.80 Å². The van der Waals surface area contributed by atoms with Crippen molar-refractivity contribution >= 4 is 5.91 Å². The van der Waals surface area contributed by atoms with Gasteiger partial charge in [0.15, 0.2) is 0 Å². The molecule has 106 valence electrons. The molecule has 0 radical (unpaired) electrons. The Bertz CT molecular complexity index is 386. The molecule has 4 heterocycles. The summed E-state index contributed by atoms with van der Waals surface area (Å²) in [5, 5.41) is 10.1. The summed E-state index contributed by atoms with van der Waals surface area (Å²) in [7, 11) is 0. The monoisotopic (exact) mass is 264 g/mol. The average molecular weight is 264 g/mol. The lowest BCUT2D eigenvalue weighted by molar-refractivity contribution is -0.155. The second-order valence-electron chi connectivity index (χ2n) is 6.95. The van der Waals surface area contributed by atoms with Gasteiger partial charge in [-0.3, -0.25) is 9.69 Å². The maximum atomic E-state index is 12.2. The molecule has 5 atom stereocenters. The van der Waals surface area contributed by atoms with E-state index in [1.807, 2.05) is 0 Å². The van der Waals surface area contributed by atoms with Crippen molar-refractivity contribution in [2.75, 3.05) is 19.6 Å². The first-order valence-corrected chi connectivity index (χ1v) is 7.95. The molecule has 4 saturated heterocycles. The lowest BCUT2D eigenvalue weighted by Gasteiger charge is -2.59. The lowest BCUT2D eigenvalue weighted by Crippen LogP contribution is -2.68. The van der Waals surface area contributed by atoms with Crippen LogP contribution in [0.3, 0.4) is 0 Å². The summed E-state index contributed by atoms with van der Waals surface area (Å²) in [4.78, 5) is 16.9. The SMILES string of the molecule is O=C1CCCC2C3CCCN4CC(O)CC(CN12)C34. The summed E-state index contributed by atoms with van der Waals surface area (Å²) in [6, 6.07) is 1.14. The second kappa shape index (κ2) is 4.45. The zero-order valence-corrected chi connectivity index (χ0v) is 11.5. The van der Waals surface area contributed by atoms with Crippen LogP contribution in [0.1, 0.15) is 38.5 Å². The van der Waals surface area contributed by atoms with Gasteiger partial charge in [-0.1, -0.05) is 0 Å². The third kappa shape index (κ3) is 1.83. The number of aliphatic hydroxyl groups is 1. The number of hydrogen-bond acceptors (Lipinski definition) is 3. The zero-order valence-electron chi connectivity index (χ0n) is 11.5. The van der Waals surface area contributed by atoms with Crippen LogP contribution in [0.25, 0.3) is 0 Å². The smallest absolute Gasteiger partial charge is 0.222 e. The Labute approximate surface area is 114 Å². The molecule has 5 unspecified atom stereocenters. The molecule has 4 fully saturated rings. The first-order valence-electron chi connectivity index (χ1n) is 7.95. The summed E-state index contributed by atoms with van der Waals surface area (Å²) in [6.07, 6.45) is 6.26. The molecule has 0 aromatic carbocycles. The standard InChI is InChI=1S/C15H24N2O2/c18-11-7-10-8-17-13(4-1-5-14(17)19)12-3-2-6-16(9-11)15(10)12/h10-13,15,18H,1-9H2. The molecule has 19 heavy (non-hydrogen) atoms. The van der Waals surface area contributed by atoms with Crippen molar-refractivity contribution in [3.05, 3.63) is 0 Å². The first kappa shape index (κ1) is 12.2. The van der Waals surface area contributed by atoms with Gasteiger partial charge in [0.25, 0.3) is 0 Å². The minimum absolute atomic E-state index is 0.184. The van der Waals surface area contributed by atoms with E-state index in [9.17, 15) is 9.90 Å². The van der Waals surface area contributed by atoms with E-state index in [0.717, 1.165) is 38.9 Å². The number of rotatable bonds is 0. The lowest BCUT2D eigenvalue weighted by atomic mass is 9.67. The predicted octanol–water partition coefficient (Wildman–Crippen LogP) is 0.842. The highest BCUT2D eigenvalue weighted by Gasteiger charge is 2.51. The molecule has 0 spiro atoms. The minimum atomic E-state index is -0.184. The third-order valence-corrected chi connectivity index (χ3v) is 5.88. The summed E-state index contributed by atoms with van der Waals surface area (Å²) in [6.45, 7) is 2.91. The Morgan fingerprint density at radius 3 is 2.95 bits per heavy atom. The van der Waals surface area contributed by atoms with Gasteiger partial charge in [-0.05, 0) is 50.5 Å². The molecule has 1 N–H and O–H groups in total. The van der Waals surface area contributed by atoms with Gasteiger partial charge in [-0.15, -0.1) is 0 Å². The molecule has 0 aromatic rings. The molecule has 4 nitrogen and oxygen atoms in total. The van der Waals surface area contributed by atoms with Gasteiger partial charge in [0, 0.05) is 31.6 Å². The molecular formula is C15H24N2O2. The van der Waals surface area contributed by atoms with Crippen molar-refractivity contribution in [2.24, 2.45) is 11.8 Å². The van der Waals surface area contributed by atoms with Crippen molar-refractivity contribution < 1.29 is 9.90 Å². The van der Waals surface area contributed by atoms with Crippen LogP contribution in [0, 0.1) is 11.8 Å². The van der Waals surface area contributed by atoms with Crippen LogP contribution in [-0.4, -0.2) is 58.6 Å². The van der Waals surface area contributed by atoms with Crippen molar-refractivity contribution in [1.82, 2.24) is 9.80 Å². The van der Waals surface area contributed by atoms with Gasteiger partial charge in [0.05, 0.1) is 6.10 Å². The van der Waals surface area contributed by atoms with E-state index in [1.165, 1.54) is 19.3 Å². The molecule has 4 aliphatic rings. The third-order valence-electron chi connectivity index (χ3n) is 5.88. The Hall–Kier alpha value is -0.610. The quantitative estimate of drug-likeness (QED) is 0.705. The molecule has 0 aliphatic carbocycles.